The van der Waals surface area contributed by atoms with E-state index in [1.807, 2.05) is 13.8 Å². The number of halogens is 1. The molecule has 1 N–H and O–H groups in total. The van der Waals surface area contributed by atoms with Crippen LogP contribution in [-0.2, 0) is 0 Å². The van der Waals surface area contributed by atoms with Crippen molar-refractivity contribution < 1.29 is 9.32 Å². The molecule has 0 unspecified atom stereocenters. The zero-order valence-corrected chi connectivity index (χ0v) is 11.8. The zero-order chi connectivity index (χ0) is 12.4. The van der Waals surface area contributed by atoms with Gasteiger partial charge in [0.05, 0.1) is 15.0 Å². The van der Waals surface area contributed by atoms with Gasteiger partial charge in [0.1, 0.15) is 0 Å². The average Bonchev–Trinajstić information content (AvgIpc) is 2.86. The molecule has 90 valence electrons. The number of hydrogen-bond donors (Lipinski definition) is 1. The summed E-state index contributed by atoms with van der Waals surface area (Å²) < 4.78 is 5.95. The highest BCUT2D eigenvalue weighted by molar-refractivity contribution is 9.11. The van der Waals surface area contributed by atoms with E-state index < -0.39 is 0 Å². The largest absolute Gasteiger partial charge is 0.338 e. The number of aromatic nitrogens is 1. The van der Waals surface area contributed by atoms with Gasteiger partial charge < -0.3 is 4.52 Å². The molecule has 0 aliphatic heterocycles. The highest BCUT2D eigenvalue weighted by Gasteiger charge is 2.12. The molecule has 0 aliphatic rings. The number of thiophene rings is 1. The maximum Gasteiger partial charge on any atom is 0.258 e. The van der Waals surface area contributed by atoms with E-state index in [9.17, 15) is 4.79 Å². The molecule has 0 spiro atoms. The van der Waals surface area contributed by atoms with Crippen LogP contribution in [0.25, 0.3) is 0 Å². The summed E-state index contributed by atoms with van der Waals surface area (Å²) in [4.78, 5) is 11.8. The number of hydrogen-bond acceptors (Lipinski definition) is 4. The van der Waals surface area contributed by atoms with Gasteiger partial charge in [-0.3, -0.25) is 10.1 Å². The van der Waals surface area contributed by atoms with Crippen LogP contribution in [0.5, 0.6) is 0 Å². The molecule has 2 aromatic heterocycles. The number of rotatable bonds is 3. The lowest BCUT2D eigenvalue weighted by molar-refractivity contribution is 0.102. The van der Waals surface area contributed by atoms with E-state index in [0.717, 1.165) is 9.48 Å². The molecule has 6 heteroatoms. The van der Waals surface area contributed by atoms with Gasteiger partial charge in [0.15, 0.2) is 0 Å². The normalized spacial score (nSPS) is 10.8. The van der Waals surface area contributed by atoms with Crippen LogP contribution < -0.4 is 5.32 Å². The molecular formula is C11H11BrN2O2S. The summed E-state index contributed by atoms with van der Waals surface area (Å²) in [7, 11) is 0. The van der Waals surface area contributed by atoms with Crippen molar-refractivity contribution in [2.75, 3.05) is 5.32 Å². The van der Waals surface area contributed by atoms with Gasteiger partial charge in [-0.05, 0) is 27.9 Å². The average molecular weight is 315 g/mol. The summed E-state index contributed by atoms with van der Waals surface area (Å²) >= 11 is 4.77. The standard InChI is InChI=1S/C11H11BrN2O2S/c1-6(2)8-4-10(16-14-8)13-11(15)7-3-9(12)17-5-7/h3-6H,1-2H3,(H,13,15). The molecule has 0 atom stereocenters. The molecule has 0 saturated carbocycles. The van der Waals surface area contributed by atoms with Crippen LogP contribution in [0.2, 0.25) is 0 Å². The molecule has 0 saturated heterocycles. The van der Waals surface area contributed by atoms with Crippen LogP contribution in [0.3, 0.4) is 0 Å². The first kappa shape index (κ1) is 12.3. The van der Waals surface area contributed by atoms with Crippen molar-refractivity contribution in [2.24, 2.45) is 0 Å². The van der Waals surface area contributed by atoms with Crippen molar-refractivity contribution in [2.45, 2.75) is 19.8 Å². The SMILES string of the molecule is CC(C)c1cc(NC(=O)c2csc(Br)c2)on1. The lowest BCUT2D eigenvalue weighted by Crippen LogP contribution is -2.09. The Balaban J connectivity index is 2.07. The van der Waals surface area contributed by atoms with E-state index in [2.05, 4.69) is 26.4 Å². The van der Waals surface area contributed by atoms with Gasteiger partial charge in [0, 0.05) is 11.4 Å². The molecule has 0 aliphatic carbocycles. The second-order valence-electron chi connectivity index (χ2n) is 3.86. The van der Waals surface area contributed by atoms with Crippen molar-refractivity contribution in [3.63, 3.8) is 0 Å². The molecule has 2 heterocycles. The number of anilines is 1. The molecule has 2 aromatic rings. The van der Waals surface area contributed by atoms with Gasteiger partial charge in [0.25, 0.3) is 5.91 Å². The molecule has 17 heavy (non-hydrogen) atoms. The maximum absolute atomic E-state index is 11.8. The minimum atomic E-state index is -0.196. The van der Waals surface area contributed by atoms with Crippen molar-refractivity contribution in [3.05, 3.63) is 32.6 Å². The fourth-order valence-corrected chi connectivity index (χ4v) is 2.37. The Morgan fingerprint density at radius 3 is 2.82 bits per heavy atom. The Labute approximate surface area is 111 Å². The van der Waals surface area contributed by atoms with Gasteiger partial charge in [-0.2, -0.15) is 0 Å². The molecule has 0 bridgehead atoms. The van der Waals surface area contributed by atoms with Gasteiger partial charge in [-0.15, -0.1) is 11.3 Å². The minimum absolute atomic E-state index is 0.196. The molecule has 0 fully saturated rings. The van der Waals surface area contributed by atoms with E-state index >= 15 is 0 Å². The molecule has 0 radical (unpaired) electrons. The third-order valence-corrected chi connectivity index (χ3v) is 3.69. The lowest BCUT2D eigenvalue weighted by atomic mass is 10.1. The highest BCUT2D eigenvalue weighted by atomic mass is 79.9. The van der Waals surface area contributed by atoms with Crippen molar-refractivity contribution >= 4 is 39.1 Å². The Morgan fingerprint density at radius 2 is 2.29 bits per heavy atom. The maximum atomic E-state index is 11.8. The summed E-state index contributed by atoms with van der Waals surface area (Å²) in [6.45, 7) is 4.03. The van der Waals surface area contributed by atoms with Crippen LogP contribution in [0.15, 0.2) is 25.8 Å². The quantitative estimate of drug-likeness (QED) is 0.935. The first-order chi connectivity index (χ1) is 8.06. The molecule has 4 nitrogen and oxygen atoms in total. The van der Waals surface area contributed by atoms with Crippen LogP contribution >= 0.6 is 27.3 Å². The number of amides is 1. The van der Waals surface area contributed by atoms with Crippen molar-refractivity contribution in [3.8, 4) is 0 Å². The molecule has 1 amide bonds. The molecule has 2 rings (SSSR count). The van der Waals surface area contributed by atoms with Crippen molar-refractivity contribution in [1.82, 2.24) is 5.16 Å². The smallest absolute Gasteiger partial charge is 0.258 e. The fraction of sp³-hybridized carbons (Fsp3) is 0.273. The van der Waals surface area contributed by atoms with E-state index in [1.165, 1.54) is 11.3 Å². The van der Waals surface area contributed by atoms with Crippen LogP contribution in [0.4, 0.5) is 5.88 Å². The number of nitrogens with zero attached hydrogens (tertiary/aromatic N) is 1. The minimum Gasteiger partial charge on any atom is -0.338 e. The fourth-order valence-electron chi connectivity index (χ4n) is 1.23. The number of carbonyl (C=O) groups excluding carboxylic acids is 1. The predicted molar refractivity (Wildman–Crippen MR) is 70.6 cm³/mol. The summed E-state index contributed by atoms with van der Waals surface area (Å²) in [6.07, 6.45) is 0. The Morgan fingerprint density at radius 1 is 1.53 bits per heavy atom. The van der Waals surface area contributed by atoms with Gasteiger partial charge in [0.2, 0.25) is 5.88 Å². The zero-order valence-electron chi connectivity index (χ0n) is 9.36. The Bertz CT molecular complexity index is 533. The second-order valence-corrected chi connectivity index (χ2v) is 6.15. The number of nitrogens with one attached hydrogen (secondary N) is 1. The van der Waals surface area contributed by atoms with E-state index in [1.54, 1.807) is 17.5 Å². The first-order valence-electron chi connectivity index (χ1n) is 5.08. The van der Waals surface area contributed by atoms with E-state index in [0.29, 0.717) is 11.4 Å². The Hall–Kier alpha value is -1.14. The van der Waals surface area contributed by atoms with Crippen LogP contribution in [-0.4, -0.2) is 11.1 Å². The summed E-state index contributed by atoms with van der Waals surface area (Å²) in [5, 5.41) is 8.31. The van der Waals surface area contributed by atoms with E-state index in [-0.39, 0.29) is 11.8 Å². The molecule has 0 aromatic carbocycles. The van der Waals surface area contributed by atoms with Gasteiger partial charge >= 0.3 is 0 Å². The summed E-state index contributed by atoms with van der Waals surface area (Å²) in [5.41, 5.74) is 1.43. The third kappa shape index (κ3) is 2.95. The first-order valence-corrected chi connectivity index (χ1v) is 6.75. The summed E-state index contributed by atoms with van der Waals surface area (Å²) in [5.74, 6) is 0.458. The van der Waals surface area contributed by atoms with Crippen LogP contribution in [0, 0.1) is 0 Å². The lowest BCUT2D eigenvalue weighted by Gasteiger charge is -1.97. The monoisotopic (exact) mass is 314 g/mol. The van der Waals surface area contributed by atoms with Crippen molar-refractivity contribution in [1.29, 1.82) is 0 Å². The summed E-state index contributed by atoms with van der Waals surface area (Å²) in [6, 6.07) is 3.50. The third-order valence-electron chi connectivity index (χ3n) is 2.19. The highest BCUT2D eigenvalue weighted by Crippen LogP contribution is 2.22. The van der Waals surface area contributed by atoms with E-state index in [4.69, 9.17) is 4.52 Å². The second kappa shape index (κ2) is 5.01. The molecular weight excluding hydrogens is 304 g/mol. The number of carbonyl (C=O) groups is 1. The van der Waals surface area contributed by atoms with Crippen LogP contribution in [0.1, 0.15) is 35.8 Å². The van der Waals surface area contributed by atoms with Gasteiger partial charge in [-0.1, -0.05) is 19.0 Å². The predicted octanol–water partition coefficient (Wildman–Crippen LogP) is 3.87. The topological polar surface area (TPSA) is 55.1 Å². The van der Waals surface area contributed by atoms with Gasteiger partial charge in [-0.25, -0.2) is 0 Å². The Kier molecular flexibility index (Phi) is 3.63.